The highest BCUT2D eigenvalue weighted by Gasteiger charge is 2.31. The number of fused-ring (bicyclic) bond motifs is 2. The quantitative estimate of drug-likeness (QED) is 0.671. The Labute approximate surface area is 93.9 Å². The fraction of sp³-hybridized carbons (Fsp3) is 0.308. The highest BCUT2D eigenvalue weighted by molar-refractivity contribution is 5.89. The Bertz CT molecular complexity index is 491. The van der Waals surface area contributed by atoms with E-state index in [0.29, 0.717) is 13.0 Å². The molecule has 2 aliphatic rings. The maximum atomic E-state index is 12.0. The molecule has 82 valence electrons. The molecule has 1 atom stereocenters. The summed E-state index contributed by atoms with van der Waals surface area (Å²) in [5.74, 6) is 1.04. The smallest absolute Gasteiger partial charge is 0.147 e. The average molecular weight is 215 g/mol. The summed E-state index contributed by atoms with van der Waals surface area (Å²) in [5, 5.41) is 0. The number of anilines is 1. The van der Waals surface area contributed by atoms with Crippen LogP contribution in [0.2, 0.25) is 0 Å². The zero-order chi connectivity index (χ0) is 11.1. The molecule has 0 amide bonds. The second-order valence-electron chi connectivity index (χ2n) is 4.34. The Morgan fingerprint density at radius 2 is 2.25 bits per heavy atom. The number of carbonyl (C=O) groups is 1. The second-order valence-corrected chi connectivity index (χ2v) is 4.34. The zero-order valence-electron chi connectivity index (χ0n) is 8.90. The topological polar surface area (TPSA) is 52.3 Å². The molecule has 0 radical (unpaired) electrons. The lowest BCUT2D eigenvalue weighted by molar-refractivity contribution is -0.121. The van der Waals surface area contributed by atoms with E-state index in [4.69, 9.17) is 10.5 Å². The van der Waals surface area contributed by atoms with E-state index in [9.17, 15) is 4.79 Å². The standard InChI is InChI=1S/C13H13NO2/c14-10-2-1-8-6-12(15)11-3-4-16-13(11)7-9(8)5-10/h1-2,5,7,11H,3-4,6,14H2. The Morgan fingerprint density at radius 3 is 3.12 bits per heavy atom. The van der Waals surface area contributed by atoms with E-state index in [1.807, 2.05) is 24.3 Å². The largest absolute Gasteiger partial charge is 0.497 e. The molecular weight excluding hydrogens is 202 g/mol. The number of allylic oxidation sites excluding steroid dienone is 1. The van der Waals surface area contributed by atoms with Gasteiger partial charge >= 0.3 is 0 Å². The molecule has 16 heavy (non-hydrogen) atoms. The Balaban J connectivity index is 2.14. The van der Waals surface area contributed by atoms with E-state index < -0.39 is 0 Å². The van der Waals surface area contributed by atoms with Crippen LogP contribution in [0.25, 0.3) is 6.08 Å². The van der Waals surface area contributed by atoms with Crippen LogP contribution >= 0.6 is 0 Å². The summed E-state index contributed by atoms with van der Waals surface area (Å²) < 4.78 is 5.50. The summed E-state index contributed by atoms with van der Waals surface area (Å²) in [7, 11) is 0. The molecule has 1 aromatic rings. The number of benzene rings is 1. The third-order valence-electron chi connectivity index (χ3n) is 3.24. The number of carbonyl (C=O) groups excluding carboxylic acids is 1. The summed E-state index contributed by atoms with van der Waals surface area (Å²) in [6.45, 7) is 0.653. The van der Waals surface area contributed by atoms with E-state index in [2.05, 4.69) is 0 Å². The fourth-order valence-electron chi connectivity index (χ4n) is 2.37. The van der Waals surface area contributed by atoms with Crippen molar-refractivity contribution in [1.82, 2.24) is 0 Å². The minimum absolute atomic E-state index is 0.0337. The van der Waals surface area contributed by atoms with Crippen molar-refractivity contribution in [2.24, 2.45) is 5.92 Å². The molecule has 1 saturated heterocycles. The maximum Gasteiger partial charge on any atom is 0.147 e. The number of rotatable bonds is 0. The second kappa shape index (κ2) is 3.37. The van der Waals surface area contributed by atoms with Crippen LogP contribution in [0.1, 0.15) is 17.5 Å². The molecule has 0 saturated carbocycles. The molecule has 1 aliphatic heterocycles. The SMILES string of the molecule is Nc1ccc2c(c1)C=C1OCCC1C(=O)C2. The molecule has 1 aromatic carbocycles. The monoisotopic (exact) mass is 215 g/mol. The number of hydrogen-bond acceptors (Lipinski definition) is 3. The fourth-order valence-corrected chi connectivity index (χ4v) is 2.37. The molecule has 1 heterocycles. The van der Waals surface area contributed by atoms with Crippen LogP contribution in [0.15, 0.2) is 24.0 Å². The molecule has 3 heteroatoms. The van der Waals surface area contributed by atoms with E-state index in [-0.39, 0.29) is 11.7 Å². The van der Waals surface area contributed by atoms with E-state index >= 15 is 0 Å². The van der Waals surface area contributed by atoms with E-state index in [0.717, 1.165) is 29.0 Å². The van der Waals surface area contributed by atoms with Crippen LogP contribution in [-0.2, 0) is 16.0 Å². The summed E-state index contributed by atoms with van der Waals surface area (Å²) in [4.78, 5) is 12.0. The number of hydrogen-bond donors (Lipinski definition) is 1. The van der Waals surface area contributed by atoms with Gasteiger partial charge in [0, 0.05) is 12.1 Å². The lowest BCUT2D eigenvalue weighted by atomic mass is 9.97. The van der Waals surface area contributed by atoms with Gasteiger partial charge in [-0.2, -0.15) is 0 Å². The third kappa shape index (κ3) is 1.40. The first-order valence-corrected chi connectivity index (χ1v) is 5.49. The van der Waals surface area contributed by atoms with Gasteiger partial charge in [0.1, 0.15) is 11.5 Å². The van der Waals surface area contributed by atoms with Crippen molar-refractivity contribution >= 4 is 17.5 Å². The van der Waals surface area contributed by atoms with Crippen molar-refractivity contribution in [1.29, 1.82) is 0 Å². The Kier molecular flexibility index (Phi) is 1.99. The summed E-state index contributed by atoms with van der Waals surface area (Å²) >= 11 is 0. The lowest BCUT2D eigenvalue weighted by Crippen LogP contribution is -2.14. The number of ketones is 1. The van der Waals surface area contributed by atoms with Crippen LogP contribution in [0.4, 0.5) is 5.69 Å². The first-order chi connectivity index (χ1) is 7.74. The predicted octanol–water partition coefficient (Wildman–Crippen LogP) is 1.77. The van der Waals surface area contributed by atoms with Crippen molar-refractivity contribution in [3.8, 4) is 0 Å². The number of ether oxygens (including phenoxy) is 1. The van der Waals surface area contributed by atoms with Crippen LogP contribution < -0.4 is 5.73 Å². The van der Waals surface area contributed by atoms with E-state index in [1.165, 1.54) is 0 Å². The van der Waals surface area contributed by atoms with Crippen molar-refractivity contribution in [3.63, 3.8) is 0 Å². The molecule has 2 N–H and O–H groups in total. The molecule has 3 nitrogen and oxygen atoms in total. The number of nitrogens with two attached hydrogens (primary N) is 1. The maximum absolute atomic E-state index is 12.0. The Hall–Kier alpha value is -1.77. The highest BCUT2D eigenvalue weighted by Crippen LogP contribution is 2.33. The third-order valence-corrected chi connectivity index (χ3v) is 3.24. The van der Waals surface area contributed by atoms with Gasteiger partial charge in [-0.1, -0.05) is 6.07 Å². The average Bonchev–Trinajstić information content (AvgIpc) is 2.65. The molecular formula is C13H13NO2. The van der Waals surface area contributed by atoms with Crippen molar-refractivity contribution in [3.05, 3.63) is 35.1 Å². The van der Waals surface area contributed by atoms with Crippen molar-refractivity contribution in [2.75, 3.05) is 12.3 Å². The van der Waals surface area contributed by atoms with Gasteiger partial charge in [-0.25, -0.2) is 0 Å². The van der Waals surface area contributed by atoms with Crippen LogP contribution in [-0.4, -0.2) is 12.4 Å². The first kappa shape index (κ1) is 9.46. The normalized spacial score (nSPS) is 22.9. The summed E-state index contributed by atoms with van der Waals surface area (Å²) in [6.07, 6.45) is 3.27. The van der Waals surface area contributed by atoms with Crippen LogP contribution in [0, 0.1) is 5.92 Å². The van der Waals surface area contributed by atoms with Gasteiger partial charge in [-0.3, -0.25) is 4.79 Å². The lowest BCUT2D eigenvalue weighted by Gasteiger charge is -2.05. The molecule has 0 spiro atoms. The first-order valence-electron chi connectivity index (χ1n) is 5.49. The molecule has 1 aliphatic carbocycles. The van der Waals surface area contributed by atoms with Gasteiger partial charge in [0.15, 0.2) is 0 Å². The number of Topliss-reactive ketones (excluding diaryl/α,β-unsaturated/α-hetero) is 1. The van der Waals surface area contributed by atoms with Crippen LogP contribution in [0.3, 0.4) is 0 Å². The van der Waals surface area contributed by atoms with Gasteiger partial charge in [-0.05, 0) is 35.8 Å². The summed E-state index contributed by atoms with van der Waals surface area (Å²) in [6, 6.07) is 5.67. The van der Waals surface area contributed by atoms with Crippen molar-refractivity contribution < 1.29 is 9.53 Å². The van der Waals surface area contributed by atoms with Gasteiger partial charge in [-0.15, -0.1) is 0 Å². The highest BCUT2D eigenvalue weighted by atomic mass is 16.5. The molecule has 3 rings (SSSR count). The van der Waals surface area contributed by atoms with Gasteiger partial charge in [0.25, 0.3) is 0 Å². The van der Waals surface area contributed by atoms with Gasteiger partial charge in [0.05, 0.1) is 12.5 Å². The zero-order valence-corrected chi connectivity index (χ0v) is 8.90. The van der Waals surface area contributed by atoms with Crippen molar-refractivity contribution in [2.45, 2.75) is 12.8 Å². The van der Waals surface area contributed by atoms with Gasteiger partial charge in [0.2, 0.25) is 0 Å². The minimum atomic E-state index is -0.0337. The molecule has 1 fully saturated rings. The minimum Gasteiger partial charge on any atom is -0.497 e. The predicted molar refractivity (Wildman–Crippen MR) is 61.6 cm³/mol. The Morgan fingerprint density at radius 1 is 1.38 bits per heavy atom. The molecule has 1 unspecified atom stereocenters. The molecule has 0 bridgehead atoms. The number of nitrogen functional groups attached to an aromatic ring is 1. The van der Waals surface area contributed by atoms with Crippen LogP contribution in [0.5, 0.6) is 0 Å². The van der Waals surface area contributed by atoms with Gasteiger partial charge < -0.3 is 10.5 Å². The van der Waals surface area contributed by atoms with E-state index in [1.54, 1.807) is 0 Å². The summed E-state index contributed by atoms with van der Waals surface area (Å²) in [5.41, 5.74) is 8.54. The molecule has 0 aromatic heterocycles.